The quantitative estimate of drug-likeness (QED) is 0.265. The van der Waals surface area contributed by atoms with E-state index in [9.17, 15) is 14.7 Å². The first kappa shape index (κ1) is 31.2. The lowest BCUT2D eigenvalue weighted by Crippen LogP contribution is -2.31. The van der Waals surface area contributed by atoms with Gasteiger partial charge in [-0.1, -0.05) is 92.3 Å². The summed E-state index contributed by atoms with van der Waals surface area (Å²) in [6.07, 6.45) is 5.70. The summed E-state index contributed by atoms with van der Waals surface area (Å²) in [5, 5.41) is 17.0. The smallest absolute Gasteiger partial charge is 0.319 e. The molecule has 0 heterocycles. The van der Waals surface area contributed by atoms with E-state index in [2.05, 4.69) is 59.1 Å². The van der Waals surface area contributed by atoms with Crippen LogP contribution in [0.1, 0.15) is 110 Å². The van der Waals surface area contributed by atoms with Gasteiger partial charge in [-0.25, -0.2) is 4.79 Å². The van der Waals surface area contributed by atoms with Crippen molar-refractivity contribution in [2.45, 2.75) is 111 Å². The summed E-state index contributed by atoms with van der Waals surface area (Å²) in [5.74, 6) is 0.271. The van der Waals surface area contributed by atoms with Crippen LogP contribution in [-0.2, 0) is 28.7 Å². The minimum absolute atomic E-state index is 0.0565. The largest absolute Gasteiger partial charge is 0.507 e. The first-order valence-electron chi connectivity index (χ1n) is 14.0. The van der Waals surface area contributed by atoms with Gasteiger partial charge in [-0.05, 0) is 57.7 Å². The molecule has 0 saturated heterocycles. The number of rotatable bonds is 11. The van der Waals surface area contributed by atoms with Crippen LogP contribution in [0.25, 0.3) is 0 Å². The van der Waals surface area contributed by atoms with E-state index in [0.29, 0.717) is 31.1 Å². The Kier molecular flexibility index (Phi) is 11.2. The highest BCUT2D eigenvalue weighted by Gasteiger charge is 2.27. The maximum atomic E-state index is 12.7. The summed E-state index contributed by atoms with van der Waals surface area (Å²) in [5.41, 5.74) is 3.78. The predicted molar refractivity (Wildman–Crippen MR) is 158 cm³/mol. The zero-order valence-corrected chi connectivity index (χ0v) is 24.8. The lowest BCUT2D eigenvalue weighted by atomic mass is 9.78. The number of para-hydroxylation sites is 1. The molecule has 0 radical (unpaired) electrons. The second-order valence-corrected chi connectivity index (χ2v) is 12.4. The molecule has 3 N–H and O–H groups in total. The van der Waals surface area contributed by atoms with Gasteiger partial charge in [0, 0.05) is 32.2 Å². The number of anilines is 1. The molecule has 0 saturated carbocycles. The van der Waals surface area contributed by atoms with E-state index in [1.807, 2.05) is 36.4 Å². The number of aromatic hydroxyl groups is 1. The van der Waals surface area contributed by atoms with E-state index in [0.717, 1.165) is 35.1 Å². The molecule has 0 spiro atoms. The Morgan fingerprint density at radius 2 is 1.45 bits per heavy atom. The third kappa shape index (κ3) is 9.38. The highest BCUT2D eigenvalue weighted by Crippen LogP contribution is 2.40. The number of phenols is 1. The van der Waals surface area contributed by atoms with E-state index in [4.69, 9.17) is 0 Å². The number of phenolic OH excluding ortho intramolecular Hbond substituents is 1. The first-order valence-corrected chi connectivity index (χ1v) is 14.0. The zero-order valence-electron chi connectivity index (χ0n) is 24.8. The molecule has 0 aliphatic rings. The van der Waals surface area contributed by atoms with Gasteiger partial charge in [0.1, 0.15) is 5.75 Å². The van der Waals surface area contributed by atoms with E-state index in [-0.39, 0.29) is 22.8 Å². The number of carbonyl (C=O) groups excluding carboxylic acids is 2. The zero-order chi connectivity index (χ0) is 28.5. The molecule has 0 unspecified atom stereocenters. The van der Waals surface area contributed by atoms with Crippen molar-refractivity contribution in [1.82, 2.24) is 10.2 Å². The van der Waals surface area contributed by atoms with Crippen molar-refractivity contribution < 1.29 is 14.7 Å². The van der Waals surface area contributed by atoms with Crippen molar-refractivity contribution in [3.8, 4) is 5.75 Å². The Bertz CT molecular complexity index is 1050. The molecule has 0 aliphatic carbocycles. The Hall–Kier alpha value is -3.02. The number of hydrogen-bond donors (Lipinski definition) is 3. The van der Waals surface area contributed by atoms with Crippen molar-refractivity contribution in [1.29, 1.82) is 0 Å². The molecule has 0 aromatic heterocycles. The highest BCUT2D eigenvalue weighted by molar-refractivity contribution is 5.90. The van der Waals surface area contributed by atoms with Crippen molar-refractivity contribution in [3.63, 3.8) is 0 Å². The number of carbonyl (C=O) groups is 2. The van der Waals surface area contributed by atoms with Crippen LogP contribution in [0.4, 0.5) is 10.5 Å². The van der Waals surface area contributed by atoms with Gasteiger partial charge in [0.2, 0.25) is 5.91 Å². The molecule has 38 heavy (non-hydrogen) atoms. The molecule has 0 atom stereocenters. The topological polar surface area (TPSA) is 81.7 Å². The van der Waals surface area contributed by atoms with Gasteiger partial charge in [0.15, 0.2) is 0 Å². The SMILES string of the molecule is CCCCCCCNC(=O)Nc1ccccc1CN(Cc1cc(C(C)(C)C)c(O)c(C(C)(C)C)c1)C(C)=O. The number of benzene rings is 2. The molecule has 2 aromatic carbocycles. The molecule has 0 fully saturated rings. The predicted octanol–water partition coefficient (Wildman–Crippen LogP) is 7.63. The maximum Gasteiger partial charge on any atom is 0.319 e. The number of nitrogens with one attached hydrogen (secondary N) is 2. The summed E-state index contributed by atoms with van der Waals surface area (Å²) in [4.78, 5) is 27.1. The lowest BCUT2D eigenvalue weighted by Gasteiger charge is -2.30. The van der Waals surface area contributed by atoms with Gasteiger partial charge in [0.25, 0.3) is 0 Å². The van der Waals surface area contributed by atoms with Gasteiger partial charge >= 0.3 is 6.03 Å². The van der Waals surface area contributed by atoms with Crippen LogP contribution in [-0.4, -0.2) is 28.5 Å². The summed E-state index contributed by atoms with van der Waals surface area (Å²) in [7, 11) is 0. The number of unbranched alkanes of at least 4 members (excludes halogenated alkanes) is 4. The Morgan fingerprint density at radius 1 is 0.868 bits per heavy atom. The van der Waals surface area contributed by atoms with Crippen LogP contribution in [0.5, 0.6) is 5.75 Å². The summed E-state index contributed by atoms with van der Waals surface area (Å²) in [6, 6.07) is 11.4. The maximum absolute atomic E-state index is 12.7. The molecule has 6 heteroatoms. The van der Waals surface area contributed by atoms with Crippen LogP contribution >= 0.6 is 0 Å². The molecule has 2 aromatic rings. The fourth-order valence-corrected chi connectivity index (χ4v) is 4.51. The number of nitrogens with zero attached hydrogens (tertiary/aromatic N) is 1. The fraction of sp³-hybridized carbons (Fsp3) is 0.562. The summed E-state index contributed by atoms with van der Waals surface area (Å²) < 4.78 is 0. The highest BCUT2D eigenvalue weighted by atomic mass is 16.3. The Morgan fingerprint density at radius 3 is 2.00 bits per heavy atom. The van der Waals surface area contributed by atoms with E-state index in [1.54, 1.807) is 11.8 Å². The van der Waals surface area contributed by atoms with E-state index >= 15 is 0 Å². The second-order valence-electron chi connectivity index (χ2n) is 12.4. The van der Waals surface area contributed by atoms with Gasteiger partial charge in [0.05, 0.1) is 0 Å². The average molecular weight is 524 g/mol. The Balaban J connectivity index is 2.22. The summed E-state index contributed by atoms with van der Waals surface area (Å²) >= 11 is 0. The molecule has 3 amide bonds. The second kappa shape index (κ2) is 13.7. The van der Waals surface area contributed by atoms with Crippen LogP contribution in [0, 0.1) is 0 Å². The van der Waals surface area contributed by atoms with Gasteiger partial charge in [-0.3, -0.25) is 4.79 Å². The molecular weight excluding hydrogens is 474 g/mol. The Labute approximate surface area is 230 Å². The third-order valence-corrected chi connectivity index (χ3v) is 6.80. The van der Waals surface area contributed by atoms with Crippen molar-refractivity contribution in [2.24, 2.45) is 0 Å². The molecule has 2 rings (SSSR count). The fourth-order valence-electron chi connectivity index (χ4n) is 4.51. The average Bonchev–Trinajstić information content (AvgIpc) is 2.81. The minimum Gasteiger partial charge on any atom is -0.507 e. The summed E-state index contributed by atoms with van der Waals surface area (Å²) in [6.45, 7) is 17.7. The van der Waals surface area contributed by atoms with E-state index in [1.165, 1.54) is 19.3 Å². The lowest BCUT2D eigenvalue weighted by molar-refractivity contribution is -0.130. The normalized spacial score (nSPS) is 11.8. The number of amides is 3. The number of urea groups is 1. The van der Waals surface area contributed by atoms with Crippen molar-refractivity contribution in [3.05, 3.63) is 58.7 Å². The number of hydrogen-bond acceptors (Lipinski definition) is 3. The van der Waals surface area contributed by atoms with Crippen molar-refractivity contribution >= 4 is 17.6 Å². The van der Waals surface area contributed by atoms with Crippen molar-refractivity contribution in [2.75, 3.05) is 11.9 Å². The van der Waals surface area contributed by atoms with Gasteiger partial charge < -0.3 is 20.6 Å². The monoisotopic (exact) mass is 523 g/mol. The van der Waals surface area contributed by atoms with Crippen LogP contribution in [0.3, 0.4) is 0 Å². The van der Waals surface area contributed by atoms with Crippen LogP contribution in [0.15, 0.2) is 36.4 Å². The van der Waals surface area contributed by atoms with E-state index < -0.39 is 0 Å². The standard InChI is InChI=1S/C32H49N3O3/c1-9-10-11-12-15-18-33-30(38)34-28-17-14-13-16-25(28)22-35(23(2)36)21-24-19-26(31(3,4)5)29(37)27(20-24)32(6,7)8/h13-14,16-17,19-20,37H,9-12,15,18,21-22H2,1-8H3,(H2,33,34,38). The van der Waals surface area contributed by atoms with Gasteiger partial charge in [-0.2, -0.15) is 0 Å². The van der Waals surface area contributed by atoms with Crippen LogP contribution < -0.4 is 10.6 Å². The van der Waals surface area contributed by atoms with Crippen LogP contribution in [0.2, 0.25) is 0 Å². The molecule has 0 aliphatic heterocycles. The molecule has 0 bridgehead atoms. The minimum atomic E-state index is -0.249. The molecule has 6 nitrogen and oxygen atoms in total. The molecular formula is C32H49N3O3. The van der Waals surface area contributed by atoms with Gasteiger partial charge in [-0.15, -0.1) is 0 Å². The molecule has 210 valence electrons. The first-order chi connectivity index (χ1) is 17.7. The third-order valence-electron chi connectivity index (χ3n) is 6.80.